The molecule has 0 saturated carbocycles. The number of nitrogens with two attached hydrogens (primary N) is 2. The normalized spacial score (nSPS) is 11.3. The van der Waals surface area contributed by atoms with E-state index in [-0.39, 0.29) is 52.4 Å². The molecule has 2 amide bonds. The second-order valence-electron chi connectivity index (χ2n) is 14.1. The molecule has 0 saturated heterocycles. The fourth-order valence-electron chi connectivity index (χ4n) is 6.34. The van der Waals surface area contributed by atoms with Crippen molar-refractivity contribution in [3.63, 3.8) is 0 Å². The highest BCUT2D eigenvalue weighted by atomic mass is 35.5. The van der Waals surface area contributed by atoms with Crippen LogP contribution in [0, 0.1) is 6.92 Å². The van der Waals surface area contributed by atoms with Gasteiger partial charge in [-0.1, -0.05) is 71.7 Å². The van der Waals surface area contributed by atoms with Crippen molar-refractivity contribution in [3.05, 3.63) is 153 Å². The molecule has 7 aromatic rings. The molecule has 0 aliphatic heterocycles. The summed E-state index contributed by atoms with van der Waals surface area (Å²) in [6.45, 7) is 1.73. The quantitative estimate of drug-likeness (QED) is 0.0679. The van der Waals surface area contributed by atoms with Crippen LogP contribution in [0.15, 0.2) is 131 Å². The van der Waals surface area contributed by atoms with Crippen molar-refractivity contribution >= 4 is 83.5 Å². The number of amides is 2. The Balaban J connectivity index is 0.000000228. The number of primary sulfonamides is 1. The van der Waals surface area contributed by atoms with E-state index in [9.17, 15) is 26.4 Å². The van der Waals surface area contributed by atoms with Crippen LogP contribution in [0.5, 0.6) is 11.5 Å². The molecule has 0 atom stereocenters. The van der Waals surface area contributed by atoms with Gasteiger partial charge >= 0.3 is 0 Å². The van der Waals surface area contributed by atoms with E-state index in [1.165, 1.54) is 54.8 Å². The molecule has 21 heteroatoms. The number of sulfonamides is 2. The van der Waals surface area contributed by atoms with E-state index in [0.717, 1.165) is 0 Å². The summed E-state index contributed by atoms with van der Waals surface area (Å²) in [7, 11) is -5.08. The first kappa shape index (κ1) is 48.1. The molecule has 338 valence electrons. The number of carbonyl (C=O) groups is 2. The van der Waals surface area contributed by atoms with Gasteiger partial charge in [-0.2, -0.15) is 5.10 Å². The number of methoxy groups -OCH3 is 2. The molecule has 7 rings (SSSR count). The number of aromatic nitrogens is 3. The molecule has 0 aliphatic rings. The number of aryl methyl sites for hydroxylation is 1. The Bertz CT molecular complexity index is 3090. The zero-order valence-corrected chi connectivity index (χ0v) is 38.9. The van der Waals surface area contributed by atoms with Gasteiger partial charge in [-0.3, -0.25) is 9.59 Å². The predicted molar refractivity (Wildman–Crippen MR) is 253 cm³/mol. The first-order chi connectivity index (χ1) is 30.9. The van der Waals surface area contributed by atoms with Gasteiger partial charge in [0.2, 0.25) is 31.9 Å². The predicted octanol–water partition coefficient (Wildman–Crippen LogP) is 7.39. The van der Waals surface area contributed by atoms with Crippen LogP contribution in [0.2, 0.25) is 10.0 Å². The molecule has 65 heavy (non-hydrogen) atoms. The number of ether oxygens (including phenoxy) is 2. The molecule has 0 aliphatic carbocycles. The van der Waals surface area contributed by atoms with E-state index in [4.69, 9.17) is 43.5 Å². The third kappa shape index (κ3) is 12.5. The first-order valence-electron chi connectivity index (χ1n) is 19.2. The van der Waals surface area contributed by atoms with Gasteiger partial charge in [0, 0.05) is 45.2 Å². The summed E-state index contributed by atoms with van der Waals surface area (Å²) in [5.74, 6) is 0.374. The smallest absolute Gasteiger partial charge is 0.243 e. The first-order valence-corrected chi connectivity index (χ1v) is 23.9. The van der Waals surface area contributed by atoms with Crippen molar-refractivity contribution < 1.29 is 35.9 Å². The number of thiazole rings is 1. The van der Waals surface area contributed by atoms with Crippen LogP contribution in [0.1, 0.15) is 22.4 Å². The summed E-state index contributed by atoms with van der Waals surface area (Å²) in [5.41, 5.74) is 11.8. The summed E-state index contributed by atoms with van der Waals surface area (Å²) in [5, 5.41) is 15.9. The van der Waals surface area contributed by atoms with E-state index in [2.05, 4.69) is 25.4 Å². The van der Waals surface area contributed by atoms with Crippen LogP contribution >= 0.6 is 34.5 Å². The SMILES string of the molecule is COc1ccc(CNS(=O)(=O)c2cc(NC(=O)Cc3ccccc3Cl)ccc2-n2cc(N)cn2)c(OC)c1.Cc1ncsc1-c1ccc(NC(=O)Cc2ccccc2Cl)cc1S(N)(=O)=O. The maximum Gasteiger partial charge on any atom is 0.243 e. The van der Waals surface area contributed by atoms with Gasteiger partial charge in [-0.05, 0) is 66.6 Å². The van der Waals surface area contributed by atoms with Crippen LogP contribution in [-0.2, 0) is 49.0 Å². The number of nitrogens with zero attached hydrogens (tertiary/aromatic N) is 3. The van der Waals surface area contributed by atoms with Gasteiger partial charge in [0.15, 0.2) is 0 Å². The number of hydrogen-bond acceptors (Lipinski definition) is 12. The summed E-state index contributed by atoms with van der Waals surface area (Å²) >= 11 is 13.6. The average molecular weight is 978 g/mol. The maximum absolute atomic E-state index is 13.5. The molecule has 2 heterocycles. The number of carbonyl (C=O) groups excluding carboxylic acids is 2. The molecule has 0 unspecified atom stereocenters. The molecule has 2 aromatic heterocycles. The third-order valence-electron chi connectivity index (χ3n) is 9.51. The number of rotatable bonds is 15. The number of hydrogen-bond donors (Lipinski definition) is 5. The van der Waals surface area contributed by atoms with Crippen molar-refractivity contribution in [1.29, 1.82) is 0 Å². The fourth-order valence-corrected chi connectivity index (χ4v) is 9.64. The third-order valence-corrected chi connectivity index (χ3v) is 13.6. The Morgan fingerprint density at radius 2 is 1.37 bits per heavy atom. The lowest BCUT2D eigenvalue weighted by Gasteiger charge is -2.15. The lowest BCUT2D eigenvalue weighted by molar-refractivity contribution is -0.116. The molecule has 0 bridgehead atoms. The van der Waals surface area contributed by atoms with Crippen molar-refractivity contribution in [2.24, 2.45) is 5.14 Å². The molecular formula is C44H42Cl2N8O8S3. The van der Waals surface area contributed by atoms with Gasteiger partial charge in [0.25, 0.3) is 0 Å². The Morgan fingerprint density at radius 3 is 1.89 bits per heavy atom. The summed E-state index contributed by atoms with van der Waals surface area (Å²) in [6.07, 6.45) is 3.00. The highest BCUT2D eigenvalue weighted by molar-refractivity contribution is 7.89. The monoisotopic (exact) mass is 976 g/mol. The molecule has 7 N–H and O–H groups in total. The number of anilines is 3. The minimum Gasteiger partial charge on any atom is -0.497 e. The van der Waals surface area contributed by atoms with Gasteiger partial charge < -0.3 is 25.8 Å². The largest absolute Gasteiger partial charge is 0.497 e. The highest BCUT2D eigenvalue weighted by Gasteiger charge is 2.23. The lowest BCUT2D eigenvalue weighted by atomic mass is 10.1. The second-order valence-corrected chi connectivity index (χ2v) is 19.0. The van der Waals surface area contributed by atoms with E-state index >= 15 is 0 Å². The Labute approximate surface area is 389 Å². The van der Waals surface area contributed by atoms with Gasteiger partial charge in [0.05, 0.1) is 71.8 Å². The van der Waals surface area contributed by atoms with Crippen LogP contribution in [0.4, 0.5) is 17.1 Å². The number of nitrogens with one attached hydrogen (secondary N) is 3. The number of halogens is 2. The number of benzene rings is 5. The van der Waals surface area contributed by atoms with E-state index in [1.54, 1.807) is 103 Å². The standard InChI is InChI=1S/C26H26ClN5O5S.C18H16ClN3O3S2/c1-36-21-9-7-18(24(13-21)37-2)14-30-38(34,35)25-12-20(8-10-23(25)32-16-19(28)15-29-32)31-26(33)11-17-5-3-4-6-22(17)27;1-11-18(26-10-21-11)14-7-6-13(9-16(14)27(20,24)25)22-17(23)8-12-4-2-3-5-15(12)19/h3-10,12-13,15-16,30H,11,14,28H2,1-2H3,(H,31,33);2-7,9-10H,8H2,1H3,(H,22,23)(H2,20,24,25). The zero-order valence-electron chi connectivity index (χ0n) is 34.9. The summed E-state index contributed by atoms with van der Waals surface area (Å²) < 4.78 is 65.7. The zero-order chi connectivity index (χ0) is 46.9. The van der Waals surface area contributed by atoms with E-state index in [1.807, 2.05) is 0 Å². The highest BCUT2D eigenvalue weighted by Crippen LogP contribution is 2.34. The average Bonchev–Trinajstić information content (AvgIpc) is 3.91. The van der Waals surface area contributed by atoms with E-state index in [0.29, 0.717) is 65.7 Å². The second kappa shape index (κ2) is 21.1. The van der Waals surface area contributed by atoms with Crippen LogP contribution in [-0.4, -0.2) is 57.6 Å². The van der Waals surface area contributed by atoms with E-state index < -0.39 is 20.0 Å². The van der Waals surface area contributed by atoms with Gasteiger partial charge in [-0.15, -0.1) is 11.3 Å². The van der Waals surface area contributed by atoms with Crippen molar-refractivity contribution in [1.82, 2.24) is 19.5 Å². The van der Waals surface area contributed by atoms with Gasteiger partial charge in [0.1, 0.15) is 16.4 Å². The molecule has 0 radical (unpaired) electrons. The van der Waals surface area contributed by atoms with Crippen LogP contribution in [0.25, 0.3) is 16.1 Å². The van der Waals surface area contributed by atoms with Crippen molar-refractivity contribution in [2.75, 3.05) is 30.6 Å². The minimum atomic E-state index is -4.10. The maximum atomic E-state index is 13.5. The molecule has 16 nitrogen and oxygen atoms in total. The summed E-state index contributed by atoms with van der Waals surface area (Å²) in [4.78, 5) is 29.7. The Kier molecular flexibility index (Phi) is 15.6. The molecular weight excluding hydrogens is 936 g/mol. The fraction of sp³-hybridized carbons (Fsp3) is 0.136. The minimum absolute atomic E-state index is 0.0225. The molecule has 0 fully saturated rings. The van der Waals surface area contributed by atoms with Crippen LogP contribution in [0.3, 0.4) is 0 Å². The number of nitrogen functional groups attached to an aromatic ring is 1. The Morgan fingerprint density at radius 1 is 0.769 bits per heavy atom. The summed E-state index contributed by atoms with van der Waals surface area (Å²) in [6, 6.07) is 28.2. The topological polar surface area (TPSA) is 240 Å². The Hall–Kier alpha value is -6.32. The van der Waals surface area contributed by atoms with Crippen molar-refractivity contribution in [2.45, 2.75) is 36.1 Å². The van der Waals surface area contributed by atoms with Crippen LogP contribution < -0.4 is 35.7 Å². The lowest BCUT2D eigenvalue weighted by Crippen LogP contribution is -2.25. The molecule has 0 spiro atoms. The molecule has 5 aromatic carbocycles. The van der Waals surface area contributed by atoms with Crippen molar-refractivity contribution in [3.8, 4) is 27.6 Å². The van der Waals surface area contributed by atoms with Gasteiger partial charge in [-0.25, -0.2) is 36.4 Å².